The Bertz CT molecular complexity index is 1040. The van der Waals surface area contributed by atoms with Gasteiger partial charge in [-0.2, -0.15) is 18.4 Å². The maximum Gasteiger partial charge on any atom is 0.417 e. The molecular weight excluding hydrogens is 377 g/mol. The molecule has 2 bridgehead atoms. The number of rotatable bonds is 2. The fourth-order valence-corrected chi connectivity index (χ4v) is 4.67. The number of benzene rings is 1. The van der Waals surface area contributed by atoms with Crippen LogP contribution in [0, 0.1) is 17.2 Å². The third kappa shape index (κ3) is 2.16. The van der Waals surface area contributed by atoms with Crippen molar-refractivity contribution in [1.82, 2.24) is 4.57 Å². The molecule has 3 atom stereocenters. The van der Waals surface area contributed by atoms with Crippen molar-refractivity contribution in [1.29, 1.82) is 5.26 Å². The van der Waals surface area contributed by atoms with Gasteiger partial charge in [-0.05, 0) is 38.5 Å². The number of ether oxygens (including phenoxy) is 1. The van der Waals surface area contributed by atoms with Gasteiger partial charge in [0.25, 0.3) is 0 Å². The molecule has 2 aliphatic rings. The van der Waals surface area contributed by atoms with Gasteiger partial charge in [-0.25, -0.2) is 0 Å². The normalized spacial score (nSPS) is 28.4. The highest BCUT2D eigenvalue weighted by atomic mass is 19.4. The molecule has 1 saturated heterocycles. The first kappa shape index (κ1) is 18.7. The lowest BCUT2D eigenvalue weighted by Crippen LogP contribution is -2.30. The number of aromatic nitrogens is 1. The van der Waals surface area contributed by atoms with E-state index in [1.807, 2.05) is 0 Å². The minimum atomic E-state index is -4.77. The summed E-state index contributed by atoms with van der Waals surface area (Å²) >= 11 is 0. The lowest BCUT2D eigenvalue weighted by Gasteiger charge is -2.28. The Hall–Kier alpha value is -2.70. The standard InChI is InChI=1S/C19H17F3N2O4/c1-17-6-10(8-25)18(2,28-17)14-13(17)15(26)24(16(14)27)11-4-3-9(7-23)12(5-11)19(20,21)22/h3-5,10,25-27H,6,8H2,1-2H3/t10-,17?,18?/m1/s1. The van der Waals surface area contributed by atoms with Crippen molar-refractivity contribution in [2.45, 2.75) is 37.6 Å². The topological polar surface area (TPSA) is 98.6 Å². The van der Waals surface area contributed by atoms with Crippen LogP contribution >= 0.6 is 0 Å². The van der Waals surface area contributed by atoms with Gasteiger partial charge >= 0.3 is 6.18 Å². The molecule has 3 heterocycles. The lowest BCUT2D eigenvalue weighted by atomic mass is 9.73. The molecule has 0 aliphatic carbocycles. The quantitative estimate of drug-likeness (QED) is 0.726. The number of hydrogen-bond donors (Lipinski definition) is 3. The van der Waals surface area contributed by atoms with Crippen LogP contribution < -0.4 is 0 Å². The van der Waals surface area contributed by atoms with Crippen molar-refractivity contribution in [2.24, 2.45) is 5.92 Å². The monoisotopic (exact) mass is 394 g/mol. The van der Waals surface area contributed by atoms with Crippen molar-refractivity contribution in [3.63, 3.8) is 0 Å². The van der Waals surface area contributed by atoms with Crippen molar-refractivity contribution in [2.75, 3.05) is 6.61 Å². The Morgan fingerprint density at radius 3 is 2.46 bits per heavy atom. The Kier molecular flexibility index (Phi) is 3.62. The van der Waals surface area contributed by atoms with Gasteiger partial charge < -0.3 is 20.1 Å². The van der Waals surface area contributed by atoms with E-state index in [0.29, 0.717) is 18.1 Å². The summed E-state index contributed by atoms with van der Waals surface area (Å²) in [4.78, 5) is 0. The maximum atomic E-state index is 13.3. The predicted octanol–water partition coefficient (Wildman–Crippen LogP) is 3.25. The molecule has 148 valence electrons. The van der Waals surface area contributed by atoms with Crippen LogP contribution in [0.5, 0.6) is 11.8 Å². The highest BCUT2D eigenvalue weighted by molar-refractivity contribution is 5.62. The van der Waals surface area contributed by atoms with Crippen molar-refractivity contribution in [3.05, 3.63) is 40.5 Å². The minimum absolute atomic E-state index is 0.136. The van der Waals surface area contributed by atoms with Gasteiger partial charge in [0.05, 0.1) is 39.6 Å². The van der Waals surface area contributed by atoms with Crippen LogP contribution in [0.4, 0.5) is 13.2 Å². The first-order chi connectivity index (χ1) is 13.0. The Morgan fingerprint density at radius 2 is 1.89 bits per heavy atom. The van der Waals surface area contributed by atoms with Gasteiger partial charge in [0.1, 0.15) is 5.60 Å². The van der Waals surface area contributed by atoms with E-state index in [1.54, 1.807) is 13.8 Å². The van der Waals surface area contributed by atoms with Crippen LogP contribution in [0.25, 0.3) is 5.69 Å². The largest absolute Gasteiger partial charge is 0.494 e. The second-order valence-electron chi connectivity index (χ2n) is 7.60. The second kappa shape index (κ2) is 5.43. The summed E-state index contributed by atoms with van der Waals surface area (Å²) in [6.45, 7) is 3.18. The van der Waals surface area contributed by atoms with Gasteiger partial charge in [-0.3, -0.25) is 4.57 Å². The SMILES string of the molecule is CC12C[C@H](CO)C(C)(O1)c1c2c(O)n(-c2ccc(C#N)c(C(F)(F)F)c2)c1O. The summed E-state index contributed by atoms with van der Waals surface area (Å²) in [7, 11) is 0. The molecule has 9 heteroatoms. The van der Waals surface area contributed by atoms with E-state index >= 15 is 0 Å². The average molecular weight is 394 g/mol. The van der Waals surface area contributed by atoms with Crippen LogP contribution in [-0.4, -0.2) is 26.5 Å². The van der Waals surface area contributed by atoms with Gasteiger partial charge in [-0.1, -0.05) is 0 Å². The molecule has 3 N–H and O–H groups in total. The second-order valence-corrected chi connectivity index (χ2v) is 7.60. The van der Waals surface area contributed by atoms with E-state index in [9.17, 15) is 28.5 Å². The highest BCUT2D eigenvalue weighted by Gasteiger charge is 2.64. The van der Waals surface area contributed by atoms with Crippen molar-refractivity contribution in [3.8, 4) is 23.5 Å². The number of fused-ring (bicyclic) bond motifs is 5. The molecule has 0 saturated carbocycles. The number of hydrogen-bond acceptors (Lipinski definition) is 5. The average Bonchev–Trinajstić information content (AvgIpc) is 3.14. The number of aliphatic hydroxyl groups excluding tert-OH is 1. The molecule has 1 aromatic heterocycles. The van der Waals surface area contributed by atoms with Gasteiger partial charge in [0, 0.05) is 12.5 Å². The maximum absolute atomic E-state index is 13.3. The summed E-state index contributed by atoms with van der Waals surface area (Å²) in [6.07, 6.45) is -4.38. The van der Waals surface area contributed by atoms with Crippen LogP contribution in [0.2, 0.25) is 0 Å². The van der Waals surface area contributed by atoms with E-state index in [0.717, 1.165) is 10.6 Å². The van der Waals surface area contributed by atoms with Crippen LogP contribution in [-0.2, 0) is 22.1 Å². The van der Waals surface area contributed by atoms with Crippen LogP contribution in [0.3, 0.4) is 0 Å². The fraction of sp³-hybridized carbons (Fsp3) is 0.421. The molecular formula is C19H17F3N2O4. The van der Waals surface area contributed by atoms with Crippen molar-refractivity contribution >= 4 is 0 Å². The molecule has 0 radical (unpaired) electrons. The molecule has 0 amide bonds. The summed E-state index contributed by atoms with van der Waals surface area (Å²) in [5, 5.41) is 40.2. The van der Waals surface area contributed by atoms with E-state index in [-0.39, 0.29) is 23.8 Å². The van der Waals surface area contributed by atoms with E-state index < -0.39 is 40.3 Å². The molecule has 28 heavy (non-hydrogen) atoms. The number of nitrogens with zero attached hydrogens (tertiary/aromatic N) is 2. The Balaban J connectivity index is 1.96. The zero-order chi connectivity index (χ0) is 20.6. The minimum Gasteiger partial charge on any atom is -0.494 e. The van der Waals surface area contributed by atoms with Gasteiger partial charge in [0.2, 0.25) is 11.8 Å². The van der Waals surface area contributed by atoms with Gasteiger partial charge in [-0.15, -0.1) is 0 Å². The third-order valence-corrected chi connectivity index (χ3v) is 5.91. The van der Waals surface area contributed by atoms with Gasteiger partial charge in [0.15, 0.2) is 0 Å². The molecule has 4 rings (SSSR count). The number of alkyl halides is 3. The predicted molar refractivity (Wildman–Crippen MR) is 89.8 cm³/mol. The van der Waals surface area contributed by atoms with E-state index in [1.165, 1.54) is 12.1 Å². The number of aliphatic hydroxyl groups is 1. The highest BCUT2D eigenvalue weighted by Crippen LogP contribution is 2.66. The Labute approximate surface area is 158 Å². The molecule has 1 aromatic carbocycles. The van der Waals surface area contributed by atoms with E-state index in [2.05, 4.69) is 0 Å². The number of nitriles is 1. The molecule has 1 fully saturated rings. The number of halogens is 3. The van der Waals surface area contributed by atoms with E-state index in [4.69, 9.17) is 10.00 Å². The van der Waals surface area contributed by atoms with Crippen LogP contribution in [0.1, 0.15) is 42.5 Å². The number of aromatic hydroxyl groups is 2. The zero-order valence-corrected chi connectivity index (χ0v) is 15.0. The zero-order valence-electron chi connectivity index (χ0n) is 15.0. The van der Waals surface area contributed by atoms with Crippen molar-refractivity contribution < 1.29 is 33.2 Å². The lowest BCUT2D eigenvalue weighted by molar-refractivity contribution is -0.137. The Morgan fingerprint density at radius 1 is 1.25 bits per heavy atom. The molecule has 6 nitrogen and oxygen atoms in total. The summed E-state index contributed by atoms with van der Waals surface area (Å²) in [5.41, 5.74) is -3.36. The fourth-order valence-electron chi connectivity index (χ4n) is 4.67. The third-order valence-electron chi connectivity index (χ3n) is 5.91. The first-order valence-electron chi connectivity index (χ1n) is 8.58. The first-order valence-corrected chi connectivity index (χ1v) is 8.58. The van der Waals surface area contributed by atoms with Crippen LogP contribution in [0.15, 0.2) is 18.2 Å². The summed E-state index contributed by atoms with van der Waals surface area (Å²) < 4.78 is 46.9. The smallest absolute Gasteiger partial charge is 0.417 e. The molecule has 2 aromatic rings. The molecule has 2 unspecified atom stereocenters. The summed E-state index contributed by atoms with van der Waals surface area (Å²) in [5.74, 6) is -1.21. The molecule has 2 aliphatic heterocycles. The summed E-state index contributed by atoms with van der Waals surface area (Å²) in [6, 6.07) is 4.42. The molecule has 0 spiro atoms.